The minimum Gasteiger partial charge on any atom is -0.481 e. The second-order valence-corrected chi connectivity index (χ2v) is 11.6. The van der Waals surface area contributed by atoms with Crippen LogP contribution in [0.2, 0.25) is 0 Å². The van der Waals surface area contributed by atoms with Gasteiger partial charge in [0, 0.05) is 19.5 Å². The molecule has 1 aliphatic rings. The van der Waals surface area contributed by atoms with E-state index < -0.39 is 72.2 Å². The quantitative estimate of drug-likeness (QED) is 0.0375. The number of guanidine groups is 1. The topological polar surface area (TPSA) is 296 Å². The van der Waals surface area contributed by atoms with Crippen molar-refractivity contribution in [2.75, 3.05) is 19.6 Å². The van der Waals surface area contributed by atoms with Crippen molar-refractivity contribution in [2.45, 2.75) is 108 Å². The Labute approximate surface area is 263 Å². The number of carboxylic acids is 2. The minimum atomic E-state index is -1.39. The van der Waals surface area contributed by atoms with Gasteiger partial charge in [0.25, 0.3) is 0 Å². The first kappa shape index (κ1) is 39.0. The van der Waals surface area contributed by atoms with Gasteiger partial charge in [0.05, 0.1) is 6.04 Å². The summed E-state index contributed by atoms with van der Waals surface area (Å²) in [7, 11) is 0. The van der Waals surface area contributed by atoms with Gasteiger partial charge in [0.15, 0.2) is 5.96 Å². The maximum Gasteiger partial charge on any atom is 0.326 e. The lowest BCUT2D eigenvalue weighted by Crippen LogP contribution is -2.58. The highest BCUT2D eigenvalue weighted by molar-refractivity contribution is 5.96. The van der Waals surface area contributed by atoms with Crippen LogP contribution >= 0.6 is 0 Å². The van der Waals surface area contributed by atoms with Gasteiger partial charge in [-0.2, -0.15) is 0 Å². The summed E-state index contributed by atoms with van der Waals surface area (Å²) in [5.74, 6) is -5.37. The van der Waals surface area contributed by atoms with E-state index in [0.29, 0.717) is 38.6 Å². The first-order chi connectivity index (χ1) is 21.2. The SMILES string of the molecule is CC(C)C[C@H](NC(=O)[C@@H](N)CCCCN)C(=O)N1CCC[C@H]1C(=O)N[C@@H](CCC(=O)O)C(=O)N[C@@H](CCCNC(=N)N)C(=O)O. The number of carbonyl (C=O) groups is 6. The molecular formula is C28H51N9O8. The van der Waals surface area contributed by atoms with Gasteiger partial charge >= 0.3 is 11.9 Å². The molecule has 0 aliphatic carbocycles. The van der Waals surface area contributed by atoms with E-state index >= 15 is 0 Å². The van der Waals surface area contributed by atoms with Crippen molar-refractivity contribution in [2.24, 2.45) is 23.1 Å². The van der Waals surface area contributed by atoms with Crippen molar-refractivity contribution < 1.29 is 39.0 Å². The highest BCUT2D eigenvalue weighted by atomic mass is 16.4. The monoisotopic (exact) mass is 641 g/mol. The van der Waals surface area contributed by atoms with Gasteiger partial charge < -0.3 is 53.6 Å². The van der Waals surface area contributed by atoms with Crippen molar-refractivity contribution in [1.82, 2.24) is 26.2 Å². The number of aliphatic carboxylic acids is 2. The Kier molecular flexibility index (Phi) is 17.5. The summed E-state index contributed by atoms with van der Waals surface area (Å²) >= 11 is 0. The predicted molar refractivity (Wildman–Crippen MR) is 165 cm³/mol. The molecule has 1 saturated heterocycles. The smallest absolute Gasteiger partial charge is 0.326 e. The molecule has 0 bridgehead atoms. The number of nitrogens with zero attached hydrogens (tertiary/aromatic N) is 1. The third-order valence-corrected chi connectivity index (χ3v) is 7.35. The van der Waals surface area contributed by atoms with Gasteiger partial charge in [0.2, 0.25) is 23.6 Å². The first-order valence-corrected chi connectivity index (χ1v) is 15.4. The standard InChI is InChI=1S/C28H51N9O8/c1-16(2)15-20(36-23(40)17(30)7-3-4-12-29)26(43)37-14-6-9-21(37)25(42)34-18(10-11-22(38)39)24(41)35-19(27(44)45)8-5-13-33-28(31)32/h16-21H,3-15,29-30H2,1-2H3,(H,34,42)(H,35,41)(H,36,40)(H,38,39)(H,44,45)(H4,31,32,33)/t17-,18-,19-,20-,21-/m0/s1. The molecule has 0 unspecified atom stereocenters. The fourth-order valence-electron chi connectivity index (χ4n) is 4.98. The average molecular weight is 642 g/mol. The van der Waals surface area contributed by atoms with Crippen LogP contribution in [0.5, 0.6) is 0 Å². The molecule has 4 amide bonds. The number of hydrogen-bond donors (Lipinski definition) is 10. The fourth-order valence-corrected chi connectivity index (χ4v) is 4.98. The molecule has 17 heteroatoms. The van der Waals surface area contributed by atoms with Crippen LogP contribution in [0.15, 0.2) is 0 Å². The second kappa shape index (κ2) is 20.1. The maximum absolute atomic E-state index is 13.7. The summed E-state index contributed by atoms with van der Waals surface area (Å²) in [4.78, 5) is 77.3. The Morgan fingerprint density at radius 3 is 2.16 bits per heavy atom. The molecule has 1 heterocycles. The Hall–Kier alpha value is -3.99. The number of carboxylic acid groups (broad SMARTS) is 2. The number of nitrogens with one attached hydrogen (secondary N) is 5. The van der Waals surface area contributed by atoms with Crippen LogP contribution in [0.1, 0.15) is 78.1 Å². The predicted octanol–water partition coefficient (Wildman–Crippen LogP) is -1.85. The summed E-state index contributed by atoms with van der Waals surface area (Å²) in [6, 6.07) is -5.49. The van der Waals surface area contributed by atoms with Crippen molar-refractivity contribution in [3.05, 3.63) is 0 Å². The Balaban J connectivity index is 3.03. The molecule has 1 aliphatic heterocycles. The van der Waals surface area contributed by atoms with E-state index in [1.165, 1.54) is 4.90 Å². The summed E-state index contributed by atoms with van der Waals surface area (Å²) in [6.45, 7) is 4.67. The zero-order valence-electron chi connectivity index (χ0n) is 26.2. The van der Waals surface area contributed by atoms with Crippen LogP contribution in [0.4, 0.5) is 0 Å². The summed E-state index contributed by atoms with van der Waals surface area (Å²) in [5, 5.41) is 36.1. The molecule has 0 aromatic carbocycles. The number of carbonyl (C=O) groups excluding carboxylic acids is 4. The van der Waals surface area contributed by atoms with E-state index in [0.717, 1.165) is 0 Å². The molecule has 13 N–H and O–H groups in total. The lowest BCUT2D eigenvalue weighted by Gasteiger charge is -2.31. The van der Waals surface area contributed by atoms with E-state index in [4.69, 9.17) is 22.6 Å². The average Bonchev–Trinajstić information content (AvgIpc) is 3.45. The molecule has 0 aromatic heterocycles. The van der Waals surface area contributed by atoms with E-state index in [2.05, 4.69) is 21.3 Å². The number of hydrogen-bond acceptors (Lipinski definition) is 9. The molecule has 0 radical (unpaired) electrons. The Morgan fingerprint density at radius 2 is 1.58 bits per heavy atom. The number of likely N-dealkylation sites (tertiary alicyclic amines) is 1. The Bertz CT molecular complexity index is 1040. The second-order valence-electron chi connectivity index (χ2n) is 11.6. The highest BCUT2D eigenvalue weighted by Gasteiger charge is 2.39. The van der Waals surface area contributed by atoms with Crippen LogP contribution in [0, 0.1) is 11.3 Å². The number of nitrogens with two attached hydrogens (primary N) is 3. The highest BCUT2D eigenvalue weighted by Crippen LogP contribution is 2.21. The van der Waals surface area contributed by atoms with Gasteiger partial charge in [0.1, 0.15) is 24.2 Å². The van der Waals surface area contributed by atoms with Crippen molar-refractivity contribution in [1.29, 1.82) is 5.41 Å². The van der Waals surface area contributed by atoms with Crippen molar-refractivity contribution in [3.8, 4) is 0 Å². The molecule has 17 nitrogen and oxygen atoms in total. The summed E-state index contributed by atoms with van der Waals surface area (Å²) in [5.41, 5.74) is 16.7. The lowest BCUT2D eigenvalue weighted by atomic mass is 10.0. The zero-order chi connectivity index (χ0) is 34.1. The van der Waals surface area contributed by atoms with Crippen molar-refractivity contribution in [3.63, 3.8) is 0 Å². The fraction of sp³-hybridized carbons (Fsp3) is 0.750. The van der Waals surface area contributed by atoms with Gasteiger partial charge in [-0.25, -0.2) is 4.79 Å². The third-order valence-electron chi connectivity index (χ3n) is 7.35. The van der Waals surface area contributed by atoms with Crippen LogP contribution in [0.25, 0.3) is 0 Å². The number of rotatable bonds is 21. The van der Waals surface area contributed by atoms with E-state index in [1.54, 1.807) is 0 Å². The number of unbranched alkanes of at least 4 members (excludes halogenated alkanes) is 1. The van der Waals surface area contributed by atoms with E-state index in [1.807, 2.05) is 13.8 Å². The minimum absolute atomic E-state index is 0.0205. The number of amides is 4. The maximum atomic E-state index is 13.7. The first-order valence-electron chi connectivity index (χ1n) is 15.4. The van der Waals surface area contributed by atoms with Crippen molar-refractivity contribution >= 4 is 41.5 Å². The normalized spacial score (nSPS) is 17.1. The van der Waals surface area contributed by atoms with Crippen LogP contribution < -0.4 is 38.5 Å². The van der Waals surface area contributed by atoms with Gasteiger partial charge in [-0.05, 0) is 63.8 Å². The molecule has 0 spiro atoms. The summed E-state index contributed by atoms with van der Waals surface area (Å²) < 4.78 is 0. The van der Waals surface area contributed by atoms with Gasteiger partial charge in [-0.3, -0.25) is 29.4 Å². The zero-order valence-corrected chi connectivity index (χ0v) is 26.2. The van der Waals surface area contributed by atoms with E-state index in [9.17, 15) is 39.0 Å². The molecule has 1 rings (SSSR count). The molecule has 5 atom stereocenters. The Morgan fingerprint density at radius 1 is 0.911 bits per heavy atom. The van der Waals surface area contributed by atoms with Crippen LogP contribution in [-0.2, 0) is 28.8 Å². The van der Waals surface area contributed by atoms with Crippen LogP contribution in [0.3, 0.4) is 0 Å². The molecule has 45 heavy (non-hydrogen) atoms. The lowest BCUT2D eigenvalue weighted by molar-refractivity contribution is -0.144. The third kappa shape index (κ3) is 14.6. The largest absolute Gasteiger partial charge is 0.481 e. The molecule has 0 aromatic rings. The van der Waals surface area contributed by atoms with Gasteiger partial charge in [-0.15, -0.1) is 0 Å². The molecule has 256 valence electrons. The van der Waals surface area contributed by atoms with Crippen LogP contribution in [-0.4, -0.2) is 106 Å². The summed E-state index contributed by atoms with van der Waals surface area (Å²) in [6.07, 6.45) is 2.23. The van der Waals surface area contributed by atoms with E-state index in [-0.39, 0.29) is 50.7 Å². The molecular weight excluding hydrogens is 590 g/mol. The van der Waals surface area contributed by atoms with Gasteiger partial charge in [-0.1, -0.05) is 20.3 Å². The molecule has 0 saturated carbocycles. The molecule has 1 fully saturated rings.